The minimum absolute atomic E-state index is 0.0997. The highest BCUT2D eigenvalue weighted by Crippen LogP contribution is 2.29. The van der Waals surface area contributed by atoms with Gasteiger partial charge in [0.1, 0.15) is 6.54 Å². The lowest BCUT2D eigenvalue weighted by Crippen LogP contribution is -2.40. The molecular weight excluding hydrogens is 567 g/mol. The molecule has 0 radical (unpaired) electrons. The Morgan fingerprint density at radius 1 is 0.925 bits per heavy atom. The highest BCUT2D eigenvalue weighted by Gasteiger charge is 2.28. The van der Waals surface area contributed by atoms with E-state index >= 15 is 0 Å². The largest absolute Gasteiger partial charge is 0.316 e. The van der Waals surface area contributed by atoms with Crippen LogP contribution >= 0.6 is 23.2 Å². The first-order chi connectivity index (χ1) is 18.9. The molecule has 0 saturated heterocycles. The monoisotopic (exact) mass is 596 g/mol. The number of hydrazone groups is 1. The predicted octanol–water partition coefficient (Wildman–Crippen LogP) is 6.67. The van der Waals surface area contributed by atoms with Crippen LogP contribution in [-0.2, 0) is 14.8 Å². The van der Waals surface area contributed by atoms with Crippen LogP contribution in [0.1, 0.15) is 33.6 Å². The second kappa shape index (κ2) is 11.9. The average Bonchev–Trinajstić information content (AvgIpc) is 3.16. The zero-order chi connectivity index (χ0) is 29.2. The third-order valence-corrected chi connectivity index (χ3v) is 8.84. The van der Waals surface area contributed by atoms with Gasteiger partial charge in [-0.05, 0) is 82.6 Å². The second-order valence-electron chi connectivity index (χ2n) is 9.67. The van der Waals surface area contributed by atoms with Gasteiger partial charge in [0.2, 0.25) is 0 Å². The van der Waals surface area contributed by atoms with E-state index in [1.54, 1.807) is 42.5 Å². The average molecular weight is 598 g/mol. The molecule has 0 spiro atoms. The van der Waals surface area contributed by atoms with E-state index in [1.807, 2.05) is 63.5 Å². The molecule has 1 heterocycles. The number of carbonyl (C=O) groups excluding carboxylic acids is 1. The number of hydrogen-bond acceptors (Lipinski definition) is 4. The van der Waals surface area contributed by atoms with E-state index in [2.05, 4.69) is 10.5 Å². The lowest BCUT2D eigenvalue weighted by Gasteiger charge is -2.25. The number of aryl methyl sites for hydroxylation is 4. The van der Waals surface area contributed by atoms with Crippen molar-refractivity contribution in [3.63, 3.8) is 0 Å². The highest BCUT2D eigenvalue weighted by molar-refractivity contribution is 7.92. The van der Waals surface area contributed by atoms with E-state index in [-0.39, 0.29) is 4.90 Å². The Bertz CT molecular complexity index is 1710. The minimum atomic E-state index is -4.03. The predicted molar refractivity (Wildman–Crippen MR) is 163 cm³/mol. The first-order valence-corrected chi connectivity index (χ1v) is 14.7. The van der Waals surface area contributed by atoms with Gasteiger partial charge in [-0.2, -0.15) is 5.10 Å². The van der Waals surface area contributed by atoms with Gasteiger partial charge in [0.25, 0.3) is 15.9 Å². The molecule has 10 heteroatoms. The zero-order valence-corrected chi connectivity index (χ0v) is 25.2. The fraction of sp³-hybridized carbons (Fsp3) is 0.200. The lowest BCUT2D eigenvalue weighted by atomic mass is 10.1. The van der Waals surface area contributed by atoms with Crippen LogP contribution in [0.2, 0.25) is 10.0 Å². The maximum Gasteiger partial charge on any atom is 0.264 e. The van der Waals surface area contributed by atoms with Crippen molar-refractivity contribution in [3.05, 3.63) is 110 Å². The van der Waals surface area contributed by atoms with Crippen molar-refractivity contribution >= 4 is 51.0 Å². The van der Waals surface area contributed by atoms with E-state index in [9.17, 15) is 13.2 Å². The normalized spacial score (nSPS) is 11.7. The summed E-state index contributed by atoms with van der Waals surface area (Å²) in [6.07, 6.45) is 1.52. The topological polar surface area (TPSA) is 83.8 Å². The maximum atomic E-state index is 13.7. The molecule has 40 heavy (non-hydrogen) atoms. The van der Waals surface area contributed by atoms with Gasteiger partial charge in [0.15, 0.2) is 0 Å². The molecule has 1 aromatic heterocycles. The van der Waals surface area contributed by atoms with E-state index in [0.717, 1.165) is 43.6 Å². The molecule has 1 amide bonds. The van der Waals surface area contributed by atoms with Crippen molar-refractivity contribution in [1.29, 1.82) is 0 Å². The van der Waals surface area contributed by atoms with Crippen molar-refractivity contribution in [2.75, 3.05) is 10.8 Å². The minimum Gasteiger partial charge on any atom is -0.316 e. The van der Waals surface area contributed by atoms with E-state index in [4.69, 9.17) is 23.2 Å². The first kappa shape index (κ1) is 29.4. The molecule has 0 saturated carbocycles. The molecule has 3 aromatic carbocycles. The molecule has 0 atom stereocenters. The van der Waals surface area contributed by atoms with Crippen molar-refractivity contribution in [2.24, 2.45) is 5.10 Å². The molecule has 7 nitrogen and oxygen atoms in total. The van der Waals surface area contributed by atoms with Gasteiger partial charge in [-0.3, -0.25) is 9.10 Å². The third-order valence-electron chi connectivity index (χ3n) is 6.53. The number of nitrogens with zero attached hydrogens (tertiary/aromatic N) is 3. The standard InChI is InChI=1S/C30H30Cl2N4O3S/c1-19-6-10-26(11-7-19)40(38,39)35(28-12-8-20(2)14-21(28)3)18-30(37)34-33-17-24-15-22(4)36(23(24)5)29-13-9-25(31)16-27(29)32/h6-17H,18H2,1-5H3,(H,34,37)/b33-17-. The molecule has 0 bridgehead atoms. The SMILES string of the molecule is Cc1ccc(S(=O)(=O)N(CC(=O)N/N=C\c2cc(C)n(-c3ccc(Cl)cc3Cl)c2C)c2ccc(C)cc2C)cc1. The van der Waals surface area contributed by atoms with Crippen LogP contribution in [0.3, 0.4) is 0 Å². The summed E-state index contributed by atoms with van der Waals surface area (Å²) in [6, 6.07) is 19.1. The summed E-state index contributed by atoms with van der Waals surface area (Å²) in [5.41, 5.74) is 8.88. The Hall–Kier alpha value is -3.59. The Kier molecular flexibility index (Phi) is 8.73. The molecule has 0 aliphatic carbocycles. The Morgan fingerprint density at radius 2 is 1.60 bits per heavy atom. The summed E-state index contributed by atoms with van der Waals surface area (Å²) in [5, 5.41) is 5.17. The fourth-order valence-electron chi connectivity index (χ4n) is 4.51. The number of aromatic nitrogens is 1. The van der Waals surface area contributed by atoms with E-state index in [0.29, 0.717) is 15.7 Å². The number of carbonyl (C=O) groups is 1. The summed E-state index contributed by atoms with van der Waals surface area (Å²) >= 11 is 12.5. The summed E-state index contributed by atoms with van der Waals surface area (Å²) < 4.78 is 30.4. The quantitative estimate of drug-likeness (QED) is 0.182. The summed E-state index contributed by atoms with van der Waals surface area (Å²) in [4.78, 5) is 13.1. The first-order valence-electron chi connectivity index (χ1n) is 12.5. The number of nitrogens with one attached hydrogen (secondary N) is 1. The van der Waals surface area contributed by atoms with Gasteiger partial charge >= 0.3 is 0 Å². The number of amides is 1. The van der Waals surface area contributed by atoms with Crippen LogP contribution in [0.15, 0.2) is 76.7 Å². The third kappa shape index (κ3) is 6.25. The van der Waals surface area contributed by atoms with Crippen molar-refractivity contribution in [2.45, 2.75) is 39.5 Å². The summed E-state index contributed by atoms with van der Waals surface area (Å²) in [6.45, 7) is 9.03. The maximum absolute atomic E-state index is 13.7. The lowest BCUT2D eigenvalue weighted by molar-refractivity contribution is -0.119. The number of sulfonamides is 1. The van der Waals surface area contributed by atoms with Crippen LogP contribution in [0.5, 0.6) is 0 Å². The molecule has 4 aromatic rings. The zero-order valence-electron chi connectivity index (χ0n) is 22.9. The molecule has 208 valence electrons. The van der Waals surface area contributed by atoms with Crippen LogP contribution in [0.25, 0.3) is 5.69 Å². The fourth-order valence-corrected chi connectivity index (χ4v) is 6.49. The van der Waals surface area contributed by atoms with Gasteiger partial charge in [-0.25, -0.2) is 13.8 Å². The smallest absolute Gasteiger partial charge is 0.264 e. The Balaban J connectivity index is 1.58. The van der Waals surface area contributed by atoms with Crippen LogP contribution < -0.4 is 9.73 Å². The Labute approximate surface area is 245 Å². The number of rotatable bonds is 8. The molecule has 1 N–H and O–H groups in total. The summed E-state index contributed by atoms with van der Waals surface area (Å²) in [5.74, 6) is -0.582. The molecule has 0 aliphatic rings. The van der Waals surface area contributed by atoms with Gasteiger partial charge in [-0.1, -0.05) is 58.6 Å². The summed E-state index contributed by atoms with van der Waals surface area (Å²) in [7, 11) is -4.03. The number of halogens is 2. The number of hydrogen-bond donors (Lipinski definition) is 1. The molecular formula is C30H30Cl2N4O3S. The van der Waals surface area contributed by atoms with Crippen LogP contribution in [-0.4, -0.2) is 31.7 Å². The van der Waals surface area contributed by atoms with Crippen molar-refractivity contribution in [3.8, 4) is 5.69 Å². The van der Waals surface area contributed by atoms with Crippen molar-refractivity contribution < 1.29 is 13.2 Å². The van der Waals surface area contributed by atoms with Gasteiger partial charge in [-0.15, -0.1) is 0 Å². The molecule has 4 rings (SSSR count). The number of benzene rings is 3. The van der Waals surface area contributed by atoms with Crippen LogP contribution in [0, 0.1) is 34.6 Å². The number of anilines is 1. The van der Waals surface area contributed by atoms with Gasteiger partial charge < -0.3 is 4.57 Å². The second-order valence-corrected chi connectivity index (χ2v) is 12.4. The van der Waals surface area contributed by atoms with Crippen molar-refractivity contribution in [1.82, 2.24) is 9.99 Å². The molecule has 0 unspecified atom stereocenters. The molecule has 0 aliphatic heterocycles. The van der Waals surface area contributed by atoms with Gasteiger partial charge in [0.05, 0.1) is 27.5 Å². The Morgan fingerprint density at radius 3 is 2.25 bits per heavy atom. The van der Waals surface area contributed by atoms with E-state index < -0.39 is 22.5 Å². The highest BCUT2D eigenvalue weighted by atomic mass is 35.5. The van der Waals surface area contributed by atoms with Gasteiger partial charge in [0, 0.05) is 22.0 Å². The molecule has 0 fully saturated rings. The van der Waals surface area contributed by atoms with E-state index in [1.165, 1.54) is 6.21 Å². The van der Waals surface area contributed by atoms with Crippen LogP contribution in [0.4, 0.5) is 5.69 Å².